The molecule has 1 aromatic heterocycles. The van der Waals surface area contributed by atoms with E-state index in [4.69, 9.17) is 10.6 Å². The first-order valence-corrected chi connectivity index (χ1v) is 6.41. The van der Waals surface area contributed by atoms with E-state index in [1.807, 2.05) is 18.3 Å². The minimum atomic E-state index is 0.435. The lowest BCUT2D eigenvalue weighted by atomic mass is 10.1. The maximum absolute atomic E-state index is 5.93. The Morgan fingerprint density at radius 1 is 1.24 bits per heavy atom. The quantitative estimate of drug-likeness (QED) is 0.478. The summed E-state index contributed by atoms with van der Waals surface area (Å²) in [7, 11) is 0. The normalized spacial score (nSPS) is 17.7. The van der Waals surface area contributed by atoms with E-state index in [0.29, 0.717) is 18.5 Å². The molecule has 1 heterocycles. The molecule has 0 aliphatic heterocycles. The first-order valence-electron chi connectivity index (χ1n) is 6.41. The van der Waals surface area contributed by atoms with Gasteiger partial charge in [-0.25, -0.2) is 10.8 Å². The summed E-state index contributed by atoms with van der Waals surface area (Å²) in [4.78, 5) is 4.16. The average Bonchev–Trinajstić information content (AvgIpc) is 2.65. The molecule has 1 aliphatic carbocycles. The van der Waals surface area contributed by atoms with Crippen molar-refractivity contribution in [3.63, 3.8) is 0 Å². The number of nitrogens with zero attached hydrogens (tertiary/aromatic N) is 1. The molecule has 1 aliphatic rings. The summed E-state index contributed by atoms with van der Waals surface area (Å²) in [5.74, 6) is 5.95. The maximum atomic E-state index is 5.93. The molecule has 0 radical (unpaired) electrons. The summed E-state index contributed by atoms with van der Waals surface area (Å²) in [6.07, 6.45) is 9.98. The van der Waals surface area contributed by atoms with Crippen molar-refractivity contribution in [2.75, 3.05) is 5.43 Å². The van der Waals surface area contributed by atoms with E-state index < -0.39 is 0 Å². The molecule has 17 heavy (non-hydrogen) atoms. The summed E-state index contributed by atoms with van der Waals surface area (Å²) in [5, 5.41) is 0. The molecule has 2 rings (SSSR count). The molecule has 4 nitrogen and oxygen atoms in total. The Kier molecular flexibility index (Phi) is 4.76. The van der Waals surface area contributed by atoms with Gasteiger partial charge in [0.15, 0.2) is 0 Å². The van der Waals surface area contributed by atoms with Gasteiger partial charge < -0.3 is 10.2 Å². The van der Waals surface area contributed by atoms with Crippen LogP contribution in [0.5, 0.6) is 0 Å². The number of anilines is 1. The number of nitrogen functional groups attached to an aromatic ring is 1. The topological polar surface area (TPSA) is 60.2 Å². The molecule has 94 valence electrons. The van der Waals surface area contributed by atoms with Gasteiger partial charge in [0.25, 0.3) is 0 Å². The number of hydrazine groups is 1. The second-order valence-electron chi connectivity index (χ2n) is 4.62. The monoisotopic (exact) mass is 235 g/mol. The minimum absolute atomic E-state index is 0.435. The molecule has 0 aromatic carbocycles. The number of nitrogens with two attached hydrogens (primary N) is 1. The van der Waals surface area contributed by atoms with Gasteiger partial charge in [0.2, 0.25) is 0 Å². The second-order valence-corrected chi connectivity index (χ2v) is 4.62. The maximum Gasteiger partial charge on any atom is 0.139 e. The van der Waals surface area contributed by atoms with Crippen LogP contribution >= 0.6 is 0 Å². The Morgan fingerprint density at radius 2 is 2.00 bits per heavy atom. The van der Waals surface area contributed by atoms with E-state index >= 15 is 0 Å². The standard InChI is InChI=1S/C13H21N3O/c14-16-13-8-7-11(9-15-13)10-17-12-5-3-1-2-4-6-12/h7-9,12H,1-6,10,14H2,(H,15,16). The molecule has 0 unspecified atom stereocenters. The van der Waals surface area contributed by atoms with Crippen LogP contribution in [0.3, 0.4) is 0 Å². The van der Waals surface area contributed by atoms with Crippen LogP contribution in [0.15, 0.2) is 18.3 Å². The summed E-state index contributed by atoms with van der Waals surface area (Å²) in [5.41, 5.74) is 3.62. The Bertz CT molecular complexity index is 318. The fourth-order valence-corrected chi connectivity index (χ4v) is 2.22. The number of pyridine rings is 1. The molecule has 1 fully saturated rings. The van der Waals surface area contributed by atoms with Gasteiger partial charge in [-0.05, 0) is 24.5 Å². The molecule has 0 saturated heterocycles. The number of nitrogens with one attached hydrogen (secondary N) is 1. The van der Waals surface area contributed by atoms with Crippen LogP contribution in [0.4, 0.5) is 5.82 Å². The van der Waals surface area contributed by atoms with E-state index in [-0.39, 0.29) is 0 Å². The zero-order valence-corrected chi connectivity index (χ0v) is 10.2. The fraction of sp³-hybridized carbons (Fsp3) is 0.615. The van der Waals surface area contributed by atoms with Crippen molar-refractivity contribution < 1.29 is 4.74 Å². The van der Waals surface area contributed by atoms with Crippen molar-refractivity contribution in [3.8, 4) is 0 Å². The highest BCUT2D eigenvalue weighted by atomic mass is 16.5. The summed E-state index contributed by atoms with van der Waals surface area (Å²) in [6.45, 7) is 0.655. The Labute approximate surface area is 103 Å². The van der Waals surface area contributed by atoms with Crippen molar-refractivity contribution >= 4 is 5.82 Å². The molecular weight excluding hydrogens is 214 g/mol. The van der Waals surface area contributed by atoms with Gasteiger partial charge >= 0.3 is 0 Å². The predicted molar refractivity (Wildman–Crippen MR) is 68.3 cm³/mol. The van der Waals surface area contributed by atoms with Crippen LogP contribution in [0.25, 0.3) is 0 Å². The lowest BCUT2D eigenvalue weighted by molar-refractivity contribution is 0.0308. The van der Waals surface area contributed by atoms with Crippen LogP contribution in [0, 0.1) is 0 Å². The molecule has 0 atom stereocenters. The number of hydrogen-bond acceptors (Lipinski definition) is 4. The van der Waals surface area contributed by atoms with Gasteiger partial charge in [0.05, 0.1) is 12.7 Å². The summed E-state index contributed by atoms with van der Waals surface area (Å²) >= 11 is 0. The van der Waals surface area contributed by atoms with Gasteiger partial charge in [-0.2, -0.15) is 0 Å². The van der Waals surface area contributed by atoms with Gasteiger partial charge in [-0.3, -0.25) is 0 Å². The number of aromatic nitrogens is 1. The van der Waals surface area contributed by atoms with Crippen molar-refractivity contribution in [1.82, 2.24) is 4.98 Å². The van der Waals surface area contributed by atoms with E-state index in [9.17, 15) is 0 Å². The Balaban J connectivity index is 1.79. The summed E-state index contributed by atoms with van der Waals surface area (Å²) in [6, 6.07) is 3.87. The third kappa shape index (κ3) is 3.98. The molecule has 3 N–H and O–H groups in total. The number of rotatable bonds is 4. The van der Waals surface area contributed by atoms with Crippen molar-refractivity contribution in [3.05, 3.63) is 23.9 Å². The smallest absolute Gasteiger partial charge is 0.139 e. The van der Waals surface area contributed by atoms with Gasteiger partial charge in [-0.1, -0.05) is 31.7 Å². The van der Waals surface area contributed by atoms with Gasteiger partial charge in [-0.15, -0.1) is 0 Å². The Hall–Kier alpha value is -1.13. The van der Waals surface area contributed by atoms with Crippen molar-refractivity contribution in [1.29, 1.82) is 0 Å². The van der Waals surface area contributed by atoms with E-state index in [1.54, 1.807) is 0 Å². The van der Waals surface area contributed by atoms with Gasteiger partial charge in [0.1, 0.15) is 5.82 Å². The Morgan fingerprint density at radius 3 is 2.59 bits per heavy atom. The lowest BCUT2D eigenvalue weighted by Crippen LogP contribution is -2.12. The fourth-order valence-electron chi connectivity index (χ4n) is 2.22. The lowest BCUT2D eigenvalue weighted by Gasteiger charge is -2.15. The molecule has 1 saturated carbocycles. The van der Waals surface area contributed by atoms with Crippen LogP contribution in [-0.4, -0.2) is 11.1 Å². The van der Waals surface area contributed by atoms with Gasteiger partial charge in [0, 0.05) is 6.20 Å². The number of ether oxygens (including phenoxy) is 1. The third-order valence-corrected chi connectivity index (χ3v) is 3.26. The zero-order chi connectivity index (χ0) is 11.9. The minimum Gasteiger partial charge on any atom is -0.373 e. The number of hydrogen-bond donors (Lipinski definition) is 2. The highest BCUT2D eigenvalue weighted by Gasteiger charge is 2.12. The van der Waals surface area contributed by atoms with Crippen LogP contribution in [0.1, 0.15) is 44.1 Å². The van der Waals surface area contributed by atoms with Crippen molar-refractivity contribution in [2.45, 2.75) is 51.2 Å². The molecule has 4 heteroatoms. The molecule has 0 bridgehead atoms. The largest absolute Gasteiger partial charge is 0.373 e. The average molecular weight is 235 g/mol. The molecular formula is C13H21N3O. The van der Waals surface area contributed by atoms with E-state index in [0.717, 1.165) is 5.56 Å². The first-order chi connectivity index (χ1) is 8.38. The summed E-state index contributed by atoms with van der Waals surface area (Å²) < 4.78 is 5.93. The van der Waals surface area contributed by atoms with Crippen LogP contribution in [-0.2, 0) is 11.3 Å². The first kappa shape index (κ1) is 12.3. The zero-order valence-electron chi connectivity index (χ0n) is 10.2. The molecule has 0 spiro atoms. The highest BCUT2D eigenvalue weighted by molar-refractivity contribution is 5.33. The third-order valence-electron chi connectivity index (χ3n) is 3.26. The van der Waals surface area contributed by atoms with Crippen LogP contribution < -0.4 is 11.3 Å². The molecule has 0 amide bonds. The highest BCUT2D eigenvalue weighted by Crippen LogP contribution is 2.20. The van der Waals surface area contributed by atoms with Crippen LogP contribution in [0.2, 0.25) is 0 Å². The second kappa shape index (κ2) is 6.57. The predicted octanol–water partition coefficient (Wildman–Crippen LogP) is 2.61. The van der Waals surface area contributed by atoms with E-state index in [1.165, 1.54) is 38.5 Å². The molecule has 1 aromatic rings. The van der Waals surface area contributed by atoms with Crippen molar-refractivity contribution in [2.24, 2.45) is 5.84 Å². The van der Waals surface area contributed by atoms with E-state index in [2.05, 4.69) is 10.4 Å². The SMILES string of the molecule is NNc1ccc(COC2CCCCCC2)cn1.